The number of hydrogen-bond acceptors (Lipinski definition) is 2. The monoisotopic (exact) mass is 501 g/mol. The number of anilines is 1. The molecule has 1 N–H and O–H groups in total. The lowest BCUT2D eigenvalue weighted by Gasteiger charge is -2.40. The fraction of sp³-hybridized carbons (Fsp3) is 0.774. The summed E-state index contributed by atoms with van der Waals surface area (Å²) in [6.45, 7) is 24.3. The Kier molecular flexibility index (Phi) is 9.89. The maximum atomic E-state index is 12.8. The summed E-state index contributed by atoms with van der Waals surface area (Å²) in [5.41, 5.74) is 2.98. The van der Waals surface area contributed by atoms with Crippen LogP contribution in [0, 0.1) is 11.3 Å². The van der Waals surface area contributed by atoms with Crippen LogP contribution in [0.5, 0.6) is 0 Å². The van der Waals surface area contributed by atoms with Crippen LogP contribution in [0.1, 0.15) is 118 Å². The summed E-state index contributed by atoms with van der Waals surface area (Å²) in [7, 11) is -1.84. The fourth-order valence-corrected chi connectivity index (χ4v) is 6.16. The van der Waals surface area contributed by atoms with Gasteiger partial charge in [-0.2, -0.15) is 0 Å². The second kappa shape index (κ2) is 11.5. The standard InChI is InChI=1S/C31H55NO2Si/c1-29(2,3)26-20-18-24(22-27(26)32-28(33)30(4,5)6)17-19-25(21-23-15-13-12-14-16-23)34-35(10,11)31(7,8)9/h18,20,22-23,25H,12-17,19,21H2,1-11H3,(H,32,33). The van der Waals surface area contributed by atoms with Crippen molar-refractivity contribution in [2.24, 2.45) is 11.3 Å². The highest BCUT2D eigenvalue weighted by molar-refractivity contribution is 6.74. The molecule has 2 rings (SSSR count). The molecule has 0 aliphatic heterocycles. The van der Waals surface area contributed by atoms with Crippen molar-refractivity contribution in [3.8, 4) is 0 Å². The van der Waals surface area contributed by atoms with Gasteiger partial charge in [0.2, 0.25) is 5.91 Å². The van der Waals surface area contributed by atoms with Crippen LogP contribution in [0.25, 0.3) is 0 Å². The lowest BCUT2D eigenvalue weighted by Crippen LogP contribution is -2.44. The molecule has 3 nitrogen and oxygen atoms in total. The van der Waals surface area contributed by atoms with E-state index >= 15 is 0 Å². The molecule has 1 atom stereocenters. The van der Waals surface area contributed by atoms with Crippen molar-refractivity contribution in [3.63, 3.8) is 0 Å². The molecule has 1 fully saturated rings. The quantitative estimate of drug-likeness (QED) is 0.360. The molecule has 1 aromatic carbocycles. The van der Waals surface area contributed by atoms with E-state index in [1.807, 2.05) is 20.8 Å². The summed E-state index contributed by atoms with van der Waals surface area (Å²) in [4.78, 5) is 12.8. The van der Waals surface area contributed by atoms with Gasteiger partial charge in [-0.05, 0) is 65.9 Å². The maximum Gasteiger partial charge on any atom is 0.229 e. The van der Waals surface area contributed by atoms with Crippen LogP contribution in [-0.4, -0.2) is 20.3 Å². The van der Waals surface area contributed by atoms with Crippen molar-refractivity contribution in [1.29, 1.82) is 0 Å². The highest BCUT2D eigenvalue weighted by atomic mass is 28.4. The SMILES string of the molecule is CC(C)(C)C(=O)Nc1cc(CCC(CC2CCCCC2)O[Si](C)(C)C(C)(C)C)ccc1C(C)(C)C. The second-order valence-electron chi connectivity index (χ2n) is 14.6. The van der Waals surface area contributed by atoms with Crippen LogP contribution >= 0.6 is 0 Å². The molecule has 0 saturated heterocycles. The molecule has 0 radical (unpaired) electrons. The lowest BCUT2D eigenvalue weighted by atomic mass is 9.83. The zero-order valence-corrected chi connectivity index (χ0v) is 25.9. The van der Waals surface area contributed by atoms with Gasteiger partial charge in [-0.15, -0.1) is 0 Å². The van der Waals surface area contributed by atoms with E-state index in [2.05, 4.69) is 78.2 Å². The first-order valence-electron chi connectivity index (χ1n) is 14.0. The average molecular weight is 502 g/mol. The molecular formula is C31H55NO2Si. The third-order valence-electron chi connectivity index (χ3n) is 8.16. The Hall–Kier alpha value is -1.13. The van der Waals surface area contributed by atoms with E-state index in [4.69, 9.17) is 4.43 Å². The second-order valence-corrected chi connectivity index (χ2v) is 19.4. The highest BCUT2D eigenvalue weighted by Crippen LogP contribution is 2.40. The van der Waals surface area contributed by atoms with Gasteiger partial charge >= 0.3 is 0 Å². The van der Waals surface area contributed by atoms with Crippen LogP contribution in [-0.2, 0) is 21.1 Å². The van der Waals surface area contributed by atoms with Crippen molar-refractivity contribution in [2.45, 2.75) is 143 Å². The Morgan fingerprint density at radius 3 is 2.11 bits per heavy atom. The Morgan fingerprint density at radius 1 is 1.00 bits per heavy atom. The molecule has 1 aromatic rings. The third-order valence-corrected chi connectivity index (χ3v) is 12.7. The molecule has 4 heteroatoms. The first kappa shape index (κ1) is 30.1. The van der Waals surface area contributed by atoms with Crippen LogP contribution in [0.15, 0.2) is 18.2 Å². The van der Waals surface area contributed by atoms with Gasteiger partial charge in [-0.3, -0.25) is 4.79 Å². The van der Waals surface area contributed by atoms with Gasteiger partial charge in [0.05, 0.1) is 0 Å². The van der Waals surface area contributed by atoms with E-state index in [1.54, 1.807) is 0 Å². The molecule has 0 bridgehead atoms. The number of nitrogens with one attached hydrogen (secondary N) is 1. The average Bonchev–Trinajstić information content (AvgIpc) is 2.70. The summed E-state index contributed by atoms with van der Waals surface area (Å²) < 4.78 is 7.01. The molecule has 35 heavy (non-hydrogen) atoms. The van der Waals surface area contributed by atoms with Gasteiger partial charge in [0.25, 0.3) is 0 Å². The molecule has 1 aliphatic rings. The molecule has 0 spiro atoms. The number of amides is 1. The number of carbonyl (C=O) groups is 1. The molecule has 0 heterocycles. The first-order valence-corrected chi connectivity index (χ1v) is 16.9. The number of hydrogen-bond donors (Lipinski definition) is 1. The molecule has 1 amide bonds. The summed E-state index contributed by atoms with van der Waals surface area (Å²) in [6, 6.07) is 6.70. The fourth-order valence-electron chi connectivity index (χ4n) is 4.75. The Balaban J connectivity index is 2.24. The lowest BCUT2D eigenvalue weighted by molar-refractivity contribution is -0.123. The van der Waals surface area contributed by atoms with Crippen molar-refractivity contribution < 1.29 is 9.22 Å². The molecule has 200 valence electrons. The van der Waals surface area contributed by atoms with E-state index in [9.17, 15) is 4.79 Å². The van der Waals surface area contributed by atoms with E-state index in [0.29, 0.717) is 6.10 Å². The summed E-state index contributed by atoms with van der Waals surface area (Å²) in [5, 5.41) is 3.46. The summed E-state index contributed by atoms with van der Waals surface area (Å²) >= 11 is 0. The normalized spacial score (nSPS) is 17.3. The van der Waals surface area contributed by atoms with Crippen LogP contribution in [0.4, 0.5) is 5.69 Å². The van der Waals surface area contributed by atoms with Crippen LogP contribution < -0.4 is 5.32 Å². The van der Waals surface area contributed by atoms with Crippen molar-refractivity contribution in [3.05, 3.63) is 29.3 Å². The highest BCUT2D eigenvalue weighted by Gasteiger charge is 2.39. The van der Waals surface area contributed by atoms with E-state index in [-0.39, 0.29) is 16.4 Å². The molecule has 1 saturated carbocycles. The van der Waals surface area contributed by atoms with Crippen LogP contribution in [0.2, 0.25) is 18.1 Å². The smallest absolute Gasteiger partial charge is 0.229 e. The van der Waals surface area contributed by atoms with Gasteiger partial charge in [-0.1, -0.05) is 107 Å². The zero-order valence-electron chi connectivity index (χ0n) is 24.9. The summed E-state index contributed by atoms with van der Waals surface area (Å²) in [6.07, 6.45) is 10.4. The Bertz CT molecular complexity index is 833. The molecule has 1 aliphatic carbocycles. The minimum atomic E-state index is -1.84. The van der Waals surface area contributed by atoms with Gasteiger partial charge < -0.3 is 9.74 Å². The van der Waals surface area contributed by atoms with Gasteiger partial charge in [-0.25, -0.2) is 0 Å². The predicted molar refractivity (Wildman–Crippen MR) is 155 cm³/mol. The zero-order chi connectivity index (χ0) is 26.7. The van der Waals surface area contributed by atoms with Crippen molar-refractivity contribution in [1.82, 2.24) is 0 Å². The number of carbonyl (C=O) groups excluding carboxylic acids is 1. The van der Waals surface area contributed by atoms with E-state index < -0.39 is 13.7 Å². The van der Waals surface area contributed by atoms with Crippen molar-refractivity contribution in [2.75, 3.05) is 5.32 Å². The van der Waals surface area contributed by atoms with Crippen LogP contribution in [0.3, 0.4) is 0 Å². The number of aryl methyl sites for hydroxylation is 1. The molecule has 1 unspecified atom stereocenters. The van der Waals surface area contributed by atoms with Gasteiger partial charge in [0.1, 0.15) is 0 Å². The Morgan fingerprint density at radius 2 is 1.60 bits per heavy atom. The summed E-state index contributed by atoms with van der Waals surface area (Å²) in [5.74, 6) is 0.875. The third kappa shape index (κ3) is 9.04. The van der Waals surface area contributed by atoms with E-state index in [0.717, 1.165) is 24.4 Å². The predicted octanol–water partition coefficient (Wildman–Crippen LogP) is 9.26. The minimum Gasteiger partial charge on any atom is -0.414 e. The maximum absolute atomic E-state index is 12.8. The van der Waals surface area contributed by atoms with Crippen molar-refractivity contribution >= 4 is 19.9 Å². The van der Waals surface area contributed by atoms with Gasteiger partial charge in [0.15, 0.2) is 8.32 Å². The molecule has 0 aromatic heterocycles. The van der Waals surface area contributed by atoms with E-state index in [1.165, 1.54) is 49.7 Å². The van der Waals surface area contributed by atoms with Gasteiger partial charge in [0, 0.05) is 17.2 Å². The Labute approximate surface area is 218 Å². The first-order chi connectivity index (χ1) is 15.9. The topological polar surface area (TPSA) is 38.3 Å². The number of rotatable bonds is 8. The largest absolute Gasteiger partial charge is 0.414 e. The minimum absolute atomic E-state index is 0.0337. The molecular weight excluding hydrogens is 446 g/mol. The number of benzene rings is 1.